The Morgan fingerprint density at radius 3 is 2.83 bits per heavy atom. The number of pyridine rings is 2. The molecule has 0 radical (unpaired) electrons. The van der Waals surface area contributed by atoms with Gasteiger partial charge in [-0.2, -0.15) is 0 Å². The Hall–Kier alpha value is -1.62. The van der Waals surface area contributed by atoms with E-state index >= 15 is 0 Å². The molecule has 2 N–H and O–H groups in total. The fourth-order valence-corrected chi connectivity index (χ4v) is 2.33. The smallest absolute Gasteiger partial charge is 0.142 e. The molecule has 0 spiro atoms. The standard InChI is InChI=1S/C13H15BrN4/c1-18(7-5-11-4-2-3-6-16-11)13-12(14)8-10(15)9-17-13/h2-4,6,8-9H,5,7,15H2,1H3. The number of nitrogens with two attached hydrogens (primary N) is 1. The van der Waals surface area contributed by atoms with Gasteiger partial charge in [-0.1, -0.05) is 6.07 Å². The van der Waals surface area contributed by atoms with Crippen molar-refractivity contribution in [2.75, 3.05) is 24.2 Å². The van der Waals surface area contributed by atoms with Crippen molar-refractivity contribution in [1.29, 1.82) is 0 Å². The normalized spacial score (nSPS) is 10.3. The van der Waals surface area contributed by atoms with Crippen LogP contribution < -0.4 is 10.6 Å². The van der Waals surface area contributed by atoms with Gasteiger partial charge in [0.2, 0.25) is 0 Å². The monoisotopic (exact) mass is 306 g/mol. The quantitative estimate of drug-likeness (QED) is 0.943. The predicted octanol–water partition coefficient (Wildman–Crippen LogP) is 2.50. The van der Waals surface area contributed by atoms with Gasteiger partial charge in [0.15, 0.2) is 0 Å². The van der Waals surface area contributed by atoms with Crippen LogP contribution in [0, 0.1) is 0 Å². The summed E-state index contributed by atoms with van der Waals surface area (Å²) in [6.07, 6.45) is 4.36. The third kappa shape index (κ3) is 3.20. The van der Waals surface area contributed by atoms with Crippen LogP contribution >= 0.6 is 15.9 Å². The van der Waals surface area contributed by atoms with E-state index in [-0.39, 0.29) is 0 Å². The molecule has 0 aliphatic heterocycles. The molecule has 94 valence electrons. The number of halogens is 1. The molecule has 18 heavy (non-hydrogen) atoms. The lowest BCUT2D eigenvalue weighted by Gasteiger charge is -2.19. The molecular weight excluding hydrogens is 292 g/mol. The van der Waals surface area contributed by atoms with Gasteiger partial charge in [-0.25, -0.2) is 4.98 Å². The van der Waals surface area contributed by atoms with E-state index in [1.807, 2.05) is 37.5 Å². The van der Waals surface area contributed by atoms with Crippen molar-refractivity contribution in [2.45, 2.75) is 6.42 Å². The Morgan fingerprint density at radius 2 is 2.17 bits per heavy atom. The highest BCUT2D eigenvalue weighted by Gasteiger charge is 2.07. The molecule has 0 unspecified atom stereocenters. The summed E-state index contributed by atoms with van der Waals surface area (Å²) in [7, 11) is 2.01. The second kappa shape index (κ2) is 5.82. The first-order valence-electron chi connectivity index (χ1n) is 5.69. The lowest BCUT2D eigenvalue weighted by molar-refractivity contribution is 0.837. The Balaban J connectivity index is 2.01. The van der Waals surface area contributed by atoms with Crippen LogP contribution in [0.15, 0.2) is 41.1 Å². The Labute approximate surface area is 115 Å². The summed E-state index contributed by atoms with van der Waals surface area (Å²) in [5, 5.41) is 0. The summed E-state index contributed by atoms with van der Waals surface area (Å²) >= 11 is 3.47. The molecule has 5 heteroatoms. The first kappa shape index (κ1) is 12.8. The molecule has 0 aliphatic rings. The van der Waals surface area contributed by atoms with Gasteiger partial charge in [0, 0.05) is 31.9 Å². The number of rotatable bonds is 4. The third-order valence-electron chi connectivity index (χ3n) is 2.63. The highest BCUT2D eigenvalue weighted by molar-refractivity contribution is 9.10. The molecule has 0 aliphatic carbocycles. The predicted molar refractivity (Wildman–Crippen MR) is 77.6 cm³/mol. The third-order valence-corrected chi connectivity index (χ3v) is 3.22. The van der Waals surface area contributed by atoms with Crippen molar-refractivity contribution in [2.24, 2.45) is 0 Å². The number of hydrogen-bond donors (Lipinski definition) is 1. The number of anilines is 2. The topological polar surface area (TPSA) is 55.0 Å². The van der Waals surface area contributed by atoms with Gasteiger partial charge >= 0.3 is 0 Å². The zero-order valence-corrected chi connectivity index (χ0v) is 11.8. The molecule has 0 saturated heterocycles. The van der Waals surface area contributed by atoms with Crippen molar-refractivity contribution < 1.29 is 0 Å². The van der Waals surface area contributed by atoms with Crippen LogP contribution in [0.1, 0.15) is 5.69 Å². The van der Waals surface area contributed by atoms with Crippen LogP contribution in [0.4, 0.5) is 11.5 Å². The minimum Gasteiger partial charge on any atom is -0.397 e. The number of likely N-dealkylation sites (N-methyl/N-ethyl adjacent to an activating group) is 1. The Bertz CT molecular complexity index is 516. The van der Waals surface area contributed by atoms with Crippen LogP contribution in [-0.2, 0) is 6.42 Å². The zero-order chi connectivity index (χ0) is 13.0. The van der Waals surface area contributed by atoms with Gasteiger partial charge in [0.05, 0.1) is 16.4 Å². The highest BCUT2D eigenvalue weighted by Crippen LogP contribution is 2.24. The van der Waals surface area contributed by atoms with Crippen molar-refractivity contribution >= 4 is 27.4 Å². The molecular formula is C13H15BrN4. The second-order valence-electron chi connectivity index (χ2n) is 4.07. The minimum absolute atomic E-state index is 0.656. The first-order chi connectivity index (χ1) is 8.66. The van der Waals surface area contributed by atoms with Gasteiger partial charge in [0.25, 0.3) is 0 Å². The molecule has 0 saturated carbocycles. The van der Waals surface area contributed by atoms with Crippen molar-refractivity contribution in [3.63, 3.8) is 0 Å². The molecule has 0 atom stereocenters. The van der Waals surface area contributed by atoms with E-state index in [4.69, 9.17) is 5.73 Å². The van der Waals surface area contributed by atoms with Crippen LogP contribution in [0.2, 0.25) is 0 Å². The van der Waals surface area contributed by atoms with Crippen molar-refractivity contribution in [3.05, 3.63) is 46.8 Å². The molecule has 0 bridgehead atoms. The van der Waals surface area contributed by atoms with Crippen LogP contribution in [-0.4, -0.2) is 23.6 Å². The molecule has 2 heterocycles. The molecule has 2 aromatic rings. The van der Waals surface area contributed by atoms with Crippen molar-refractivity contribution in [1.82, 2.24) is 9.97 Å². The van der Waals surface area contributed by atoms with E-state index in [2.05, 4.69) is 30.8 Å². The van der Waals surface area contributed by atoms with Crippen molar-refractivity contribution in [3.8, 4) is 0 Å². The van der Waals surface area contributed by atoms with Crippen LogP contribution in [0.3, 0.4) is 0 Å². The summed E-state index contributed by atoms with van der Waals surface area (Å²) in [5.74, 6) is 0.889. The summed E-state index contributed by atoms with van der Waals surface area (Å²) in [4.78, 5) is 10.7. The molecule has 2 rings (SSSR count). The molecule has 0 aromatic carbocycles. The number of nitrogens with zero attached hydrogens (tertiary/aromatic N) is 3. The van der Waals surface area contributed by atoms with E-state index in [0.717, 1.165) is 29.0 Å². The largest absolute Gasteiger partial charge is 0.397 e. The number of hydrogen-bond acceptors (Lipinski definition) is 4. The maximum Gasteiger partial charge on any atom is 0.142 e. The summed E-state index contributed by atoms with van der Waals surface area (Å²) in [6.45, 7) is 0.854. The summed E-state index contributed by atoms with van der Waals surface area (Å²) < 4.78 is 0.908. The zero-order valence-electron chi connectivity index (χ0n) is 10.2. The maximum absolute atomic E-state index is 5.67. The summed E-state index contributed by atoms with van der Waals surface area (Å²) in [5.41, 5.74) is 7.41. The fraction of sp³-hybridized carbons (Fsp3) is 0.231. The van der Waals surface area contributed by atoms with E-state index in [0.29, 0.717) is 5.69 Å². The average Bonchev–Trinajstić information content (AvgIpc) is 2.37. The summed E-state index contributed by atoms with van der Waals surface area (Å²) in [6, 6.07) is 7.81. The average molecular weight is 307 g/mol. The lowest BCUT2D eigenvalue weighted by atomic mass is 10.2. The molecule has 0 amide bonds. The lowest BCUT2D eigenvalue weighted by Crippen LogP contribution is -2.22. The van der Waals surface area contributed by atoms with E-state index < -0.39 is 0 Å². The Morgan fingerprint density at radius 1 is 1.33 bits per heavy atom. The van der Waals surface area contributed by atoms with Gasteiger partial charge in [-0.15, -0.1) is 0 Å². The van der Waals surface area contributed by atoms with E-state index in [1.165, 1.54) is 0 Å². The second-order valence-corrected chi connectivity index (χ2v) is 4.92. The minimum atomic E-state index is 0.656. The molecule has 2 aromatic heterocycles. The van der Waals surface area contributed by atoms with Gasteiger partial charge in [0.1, 0.15) is 5.82 Å². The Kier molecular flexibility index (Phi) is 4.15. The van der Waals surface area contributed by atoms with Crippen LogP contribution in [0.25, 0.3) is 0 Å². The highest BCUT2D eigenvalue weighted by atomic mass is 79.9. The maximum atomic E-state index is 5.67. The molecule has 4 nitrogen and oxygen atoms in total. The number of aromatic nitrogens is 2. The first-order valence-corrected chi connectivity index (χ1v) is 6.48. The van der Waals surface area contributed by atoms with Gasteiger partial charge in [-0.3, -0.25) is 4.98 Å². The fourth-order valence-electron chi connectivity index (χ4n) is 1.66. The van der Waals surface area contributed by atoms with E-state index in [9.17, 15) is 0 Å². The van der Waals surface area contributed by atoms with Gasteiger partial charge < -0.3 is 10.6 Å². The molecule has 0 fully saturated rings. The van der Waals surface area contributed by atoms with Gasteiger partial charge in [-0.05, 0) is 34.1 Å². The SMILES string of the molecule is CN(CCc1ccccn1)c1ncc(N)cc1Br. The van der Waals surface area contributed by atoms with E-state index in [1.54, 1.807) is 6.20 Å². The number of nitrogen functional groups attached to an aromatic ring is 1. The van der Waals surface area contributed by atoms with Crippen LogP contribution in [0.5, 0.6) is 0 Å².